The van der Waals surface area contributed by atoms with Crippen LogP contribution in [0.5, 0.6) is 0 Å². The second kappa shape index (κ2) is 7.26. The molecule has 0 aliphatic rings. The molecule has 1 atom stereocenters. The molecule has 1 amide bonds. The lowest BCUT2D eigenvalue weighted by Crippen LogP contribution is -2.36. The summed E-state index contributed by atoms with van der Waals surface area (Å²) in [6, 6.07) is 4.72. The van der Waals surface area contributed by atoms with Gasteiger partial charge >= 0.3 is 0 Å². The maximum absolute atomic E-state index is 11.8. The number of carbonyl (C=O) groups is 1. The molecule has 0 fully saturated rings. The number of amides is 1. The van der Waals surface area contributed by atoms with Crippen LogP contribution in [0.25, 0.3) is 0 Å². The molecule has 0 unspecified atom stereocenters. The van der Waals surface area contributed by atoms with Crippen LogP contribution >= 0.6 is 39.3 Å². The Labute approximate surface area is 119 Å². The lowest BCUT2D eigenvalue weighted by Gasteiger charge is -2.12. The average molecular weight is 338 g/mol. The fourth-order valence-electron chi connectivity index (χ4n) is 1.19. The van der Waals surface area contributed by atoms with Gasteiger partial charge in [0.15, 0.2) is 0 Å². The number of rotatable bonds is 5. The first-order chi connectivity index (χ1) is 8.04. The molecular formula is C11H14BrClN2OS. The van der Waals surface area contributed by atoms with Gasteiger partial charge in [0.25, 0.3) is 0 Å². The van der Waals surface area contributed by atoms with Gasteiger partial charge in [0.05, 0.1) is 11.7 Å². The molecule has 1 aromatic carbocycles. The molecule has 3 N–H and O–H groups in total. The molecule has 0 aliphatic carbocycles. The SMILES string of the molecule is CSCC[C@H](N)C(=O)Nc1cc(Cl)ccc1Br. The molecule has 0 aliphatic heterocycles. The van der Waals surface area contributed by atoms with Gasteiger partial charge in [-0.2, -0.15) is 11.8 Å². The number of anilines is 1. The van der Waals surface area contributed by atoms with E-state index in [1.165, 1.54) is 0 Å². The first-order valence-corrected chi connectivity index (χ1v) is 7.61. The second-order valence-corrected chi connectivity index (χ2v) is 5.78. The molecule has 0 spiro atoms. The lowest BCUT2D eigenvalue weighted by molar-refractivity contribution is -0.117. The van der Waals surface area contributed by atoms with Crippen LogP contribution in [0.3, 0.4) is 0 Å². The minimum Gasteiger partial charge on any atom is -0.324 e. The molecule has 3 nitrogen and oxygen atoms in total. The van der Waals surface area contributed by atoms with E-state index in [0.29, 0.717) is 17.1 Å². The Morgan fingerprint density at radius 3 is 3.00 bits per heavy atom. The highest BCUT2D eigenvalue weighted by Crippen LogP contribution is 2.25. The Kier molecular flexibility index (Phi) is 6.33. The van der Waals surface area contributed by atoms with Crippen LogP contribution in [0, 0.1) is 0 Å². The number of nitrogens with two attached hydrogens (primary N) is 1. The third kappa shape index (κ3) is 4.87. The zero-order valence-electron chi connectivity index (χ0n) is 9.37. The van der Waals surface area contributed by atoms with Crippen LogP contribution in [0.4, 0.5) is 5.69 Å². The van der Waals surface area contributed by atoms with Crippen LogP contribution in [0.15, 0.2) is 22.7 Å². The fraction of sp³-hybridized carbons (Fsp3) is 0.364. The predicted octanol–water partition coefficient (Wildman–Crippen LogP) is 3.12. The van der Waals surface area contributed by atoms with Crippen molar-refractivity contribution in [2.45, 2.75) is 12.5 Å². The van der Waals surface area contributed by atoms with Gasteiger partial charge in [0.1, 0.15) is 0 Å². The van der Waals surface area contributed by atoms with Gasteiger partial charge in [-0.05, 0) is 52.6 Å². The quantitative estimate of drug-likeness (QED) is 0.868. The summed E-state index contributed by atoms with van der Waals surface area (Å²) in [4.78, 5) is 11.8. The Hall–Kier alpha value is -0.230. The summed E-state index contributed by atoms with van der Waals surface area (Å²) in [5, 5.41) is 3.33. The highest BCUT2D eigenvalue weighted by molar-refractivity contribution is 9.10. The summed E-state index contributed by atoms with van der Waals surface area (Å²) in [5.41, 5.74) is 6.41. The Bertz CT molecular complexity index is 403. The van der Waals surface area contributed by atoms with Crippen LogP contribution in [-0.4, -0.2) is 24.0 Å². The molecule has 0 heterocycles. The Balaban J connectivity index is 2.64. The number of hydrogen-bond acceptors (Lipinski definition) is 3. The van der Waals surface area contributed by atoms with Gasteiger partial charge in [-0.15, -0.1) is 0 Å². The van der Waals surface area contributed by atoms with Crippen molar-refractivity contribution in [3.8, 4) is 0 Å². The third-order valence-corrected chi connectivity index (χ3v) is 3.73. The Morgan fingerprint density at radius 2 is 2.35 bits per heavy atom. The molecule has 0 aromatic heterocycles. The third-order valence-electron chi connectivity index (χ3n) is 2.16. The van der Waals surface area contributed by atoms with Crippen molar-refractivity contribution in [2.24, 2.45) is 5.73 Å². The Morgan fingerprint density at radius 1 is 1.65 bits per heavy atom. The van der Waals surface area contributed by atoms with Crippen molar-refractivity contribution in [3.05, 3.63) is 27.7 Å². The maximum Gasteiger partial charge on any atom is 0.241 e. The van der Waals surface area contributed by atoms with Crippen LogP contribution in [0.1, 0.15) is 6.42 Å². The van der Waals surface area contributed by atoms with E-state index in [1.807, 2.05) is 6.26 Å². The van der Waals surface area contributed by atoms with E-state index >= 15 is 0 Å². The number of thioether (sulfide) groups is 1. The van der Waals surface area contributed by atoms with Gasteiger partial charge in [0, 0.05) is 9.50 Å². The minimum absolute atomic E-state index is 0.193. The monoisotopic (exact) mass is 336 g/mol. The van der Waals surface area contributed by atoms with Gasteiger partial charge in [-0.1, -0.05) is 11.6 Å². The predicted molar refractivity (Wildman–Crippen MR) is 78.8 cm³/mol. The van der Waals surface area contributed by atoms with E-state index in [1.54, 1.807) is 30.0 Å². The summed E-state index contributed by atoms with van der Waals surface area (Å²) in [5.74, 6) is 0.674. The van der Waals surface area contributed by atoms with E-state index in [9.17, 15) is 4.79 Å². The van der Waals surface area contributed by atoms with Crippen molar-refractivity contribution < 1.29 is 4.79 Å². The minimum atomic E-state index is -0.492. The summed E-state index contributed by atoms with van der Waals surface area (Å²) >= 11 is 10.9. The standard InChI is InChI=1S/C11H14BrClN2OS/c1-17-5-4-9(14)11(16)15-10-6-7(13)2-3-8(10)12/h2-3,6,9H,4-5,14H2,1H3,(H,15,16)/t9-/m0/s1. The summed E-state index contributed by atoms with van der Waals surface area (Å²) < 4.78 is 0.785. The van der Waals surface area contributed by atoms with E-state index in [4.69, 9.17) is 17.3 Å². The number of halogens is 2. The molecule has 1 aromatic rings. The molecule has 0 bridgehead atoms. The van der Waals surface area contributed by atoms with Crippen molar-refractivity contribution >= 4 is 50.9 Å². The van der Waals surface area contributed by atoms with Crippen LogP contribution < -0.4 is 11.1 Å². The van der Waals surface area contributed by atoms with E-state index < -0.39 is 6.04 Å². The van der Waals surface area contributed by atoms with Gasteiger partial charge in [-0.3, -0.25) is 4.79 Å². The normalized spacial score (nSPS) is 12.2. The number of nitrogens with one attached hydrogen (secondary N) is 1. The average Bonchev–Trinajstić information content (AvgIpc) is 2.30. The van der Waals surface area contributed by atoms with Crippen molar-refractivity contribution in [1.82, 2.24) is 0 Å². The molecule has 0 saturated carbocycles. The highest BCUT2D eigenvalue weighted by Gasteiger charge is 2.14. The number of carbonyl (C=O) groups excluding carboxylic acids is 1. The molecule has 1 rings (SSSR count). The van der Waals surface area contributed by atoms with E-state index in [0.717, 1.165) is 10.2 Å². The van der Waals surface area contributed by atoms with Crippen molar-refractivity contribution in [1.29, 1.82) is 0 Å². The zero-order chi connectivity index (χ0) is 12.8. The number of hydrogen-bond donors (Lipinski definition) is 2. The molecule has 94 valence electrons. The summed E-state index contributed by atoms with van der Waals surface area (Å²) in [7, 11) is 0. The van der Waals surface area contributed by atoms with E-state index in [2.05, 4.69) is 21.2 Å². The topological polar surface area (TPSA) is 55.1 Å². The molecule has 17 heavy (non-hydrogen) atoms. The molecule has 6 heteroatoms. The summed E-state index contributed by atoms with van der Waals surface area (Å²) in [6.07, 6.45) is 2.64. The van der Waals surface area contributed by atoms with Crippen LogP contribution in [0.2, 0.25) is 5.02 Å². The van der Waals surface area contributed by atoms with Gasteiger partial charge in [0.2, 0.25) is 5.91 Å². The smallest absolute Gasteiger partial charge is 0.241 e. The molecular weight excluding hydrogens is 324 g/mol. The first-order valence-electron chi connectivity index (χ1n) is 5.05. The largest absolute Gasteiger partial charge is 0.324 e. The lowest BCUT2D eigenvalue weighted by atomic mass is 10.2. The van der Waals surface area contributed by atoms with Gasteiger partial charge in [-0.25, -0.2) is 0 Å². The second-order valence-electron chi connectivity index (χ2n) is 3.50. The highest BCUT2D eigenvalue weighted by atomic mass is 79.9. The van der Waals surface area contributed by atoms with E-state index in [-0.39, 0.29) is 5.91 Å². The van der Waals surface area contributed by atoms with Crippen molar-refractivity contribution in [2.75, 3.05) is 17.3 Å². The van der Waals surface area contributed by atoms with Crippen LogP contribution in [-0.2, 0) is 4.79 Å². The van der Waals surface area contributed by atoms with Gasteiger partial charge < -0.3 is 11.1 Å². The summed E-state index contributed by atoms with van der Waals surface area (Å²) in [6.45, 7) is 0. The van der Waals surface area contributed by atoms with Crippen molar-refractivity contribution in [3.63, 3.8) is 0 Å². The fourth-order valence-corrected chi connectivity index (χ4v) is 2.20. The number of benzene rings is 1. The molecule has 0 saturated heterocycles. The first kappa shape index (κ1) is 14.8. The zero-order valence-corrected chi connectivity index (χ0v) is 12.5. The maximum atomic E-state index is 11.8. The molecule has 0 radical (unpaired) electrons.